The fourth-order valence-corrected chi connectivity index (χ4v) is 12.1. The molecule has 0 aromatic rings. The molecule has 1 aliphatic heterocycles. The molecule has 0 nitrogen and oxygen atoms in total. The second kappa shape index (κ2) is 5.35. The molecule has 0 aromatic heterocycles. The molecule has 0 unspecified atom stereocenters. The Labute approximate surface area is 151 Å². The summed E-state index contributed by atoms with van der Waals surface area (Å²) < 4.78 is 0.635. The zero-order valence-corrected chi connectivity index (χ0v) is 16.7. The highest BCUT2D eigenvalue weighted by atomic mass is 32.2. The van der Waals surface area contributed by atoms with E-state index in [1.54, 1.807) is 38.5 Å². The molecule has 2 heteroatoms. The second-order valence-electron chi connectivity index (χ2n) is 9.98. The van der Waals surface area contributed by atoms with Crippen LogP contribution < -0.4 is 0 Å². The van der Waals surface area contributed by atoms with E-state index in [1.807, 2.05) is 0 Å². The van der Waals surface area contributed by atoms with E-state index in [0.29, 0.717) is 14.9 Å². The summed E-state index contributed by atoms with van der Waals surface area (Å²) in [6.07, 6.45) is 15.4. The van der Waals surface area contributed by atoms with E-state index in [4.69, 9.17) is 0 Å². The van der Waals surface area contributed by atoms with Gasteiger partial charge in [-0.2, -0.15) is 0 Å². The van der Waals surface area contributed by atoms with E-state index in [1.165, 1.54) is 37.2 Å². The summed E-state index contributed by atoms with van der Waals surface area (Å²) in [5, 5.41) is 0. The summed E-state index contributed by atoms with van der Waals surface area (Å²) in [5.41, 5.74) is 1.39. The van der Waals surface area contributed by atoms with Gasteiger partial charge in [0.25, 0.3) is 0 Å². The topological polar surface area (TPSA) is 0 Å². The summed E-state index contributed by atoms with van der Waals surface area (Å²) in [7, 11) is 0. The van der Waals surface area contributed by atoms with Crippen molar-refractivity contribution >= 4 is 23.5 Å². The molecule has 5 fully saturated rings. The standard InChI is InChI=1S/C21H34S2/c1-19-10-8-17-16(7-6-15-5-3-4-9-20(15,17)2)18(19)21(12-11-19)22-13-14-23-21/h15-18H,3-14H2,1-2H3/t15-,16+,17-,18-,19-,20+/m1/s1. The molecular weight excluding hydrogens is 316 g/mol. The van der Waals surface area contributed by atoms with E-state index in [0.717, 1.165) is 23.7 Å². The minimum Gasteiger partial charge on any atom is -0.143 e. The van der Waals surface area contributed by atoms with Crippen LogP contribution in [0.5, 0.6) is 0 Å². The first-order chi connectivity index (χ1) is 11.1. The van der Waals surface area contributed by atoms with Crippen molar-refractivity contribution in [2.24, 2.45) is 34.5 Å². The van der Waals surface area contributed by atoms with Crippen molar-refractivity contribution in [1.82, 2.24) is 0 Å². The molecule has 4 saturated carbocycles. The predicted molar refractivity (Wildman–Crippen MR) is 104 cm³/mol. The van der Waals surface area contributed by atoms with Gasteiger partial charge in [-0.1, -0.05) is 26.7 Å². The summed E-state index contributed by atoms with van der Waals surface area (Å²) >= 11 is 4.77. The van der Waals surface area contributed by atoms with Gasteiger partial charge in [0.2, 0.25) is 0 Å². The monoisotopic (exact) mass is 350 g/mol. The lowest BCUT2D eigenvalue weighted by Crippen LogP contribution is -2.54. The zero-order valence-electron chi connectivity index (χ0n) is 15.1. The Morgan fingerprint density at radius 2 is 1.61 bits per heavy atom. The molecule has 1 heterocycles. The van der Waals surface area contributed by atoms with Crippen molar-refractivity contribution < 1.29 is 0 Å². The van der Waals surface area contributed by atoms with Crippen LogP contribution in [0.2, 0.25) is 0 Å². The van der Waals surface area contributed by atoms with Gasteiger partial charge in [-0.15, -0.1) is 23.5 Å². The maximum absolute atomic E-state index is 2.73. The van der Waals surface area contributed by atoms with Crippen LogP contribution in [0.3, 0.4) is 0 Å². The van der Waals surface area contributed by atoms with E-state index in [2.05, 4.69) is 37.4 Å². The minimum atomic E-state index is 0.635. The van der Waals surface area contributed by atoms with Gasteiger partial charge in [0.1, 0.15) is 0 Å². The Bertz CT molecular complexity index is 482. The van der Waals surface area contributed by atoms with Gasteiger partial charge in [0.05, 0.1) is 4.08 Å². The van der Waals surface area contributed by atoms with Crippen LogP contribution >= 0.6 is 23.5 Å². The minimum absolute atomic E-state index is 0.635. The van der Waals surface area contributed by atoms with Gasteiger partial charge < -0.3 is 0 Å². The lowest BCUT2D eigenvalue weighted by atomic mass is 9.45. The van der Waals surface area contributed by atoms with Crippen LogP contribution in [0.15, 0.2) is 0 Å². The number of thioether (sulfide) groups is 2. The molecule has 1 saturated heterocycles. The average molecular weight is 351 g/mol. The zero-order chi connectivity index (χ0) is 15.7. The van der Waals surface area contributed by atoms with Gasteiger partial charge >= 0.3 is 0 Å². The van der Waals surface area contributed by atoms with E-state index >= 15 is 0 Å². The third kappa shape index (κ3) is 2.12. The highest BCUT2D eigenvalue weighted by molar-refractivity contribution is 8.21. The SMILES string of the molecule is C[C@]12CC[C@@H]3[C@H](CC[C@H]4CCCC[C@@]43C)[C@H]1C1(CC2)SCCS1. The number of rotatable bonds is 0. The third-order valence-electron chi connectivity index (χ3n) is 9.16. The quantitative estimate of drug-likeness (QED) is 0.483. The summed E-state index contributed by atoms with van der Waals surface area (Å²) in [5.74, 6) is 7.09. The summed E-state index contributed by atoms with van der Waals surface area (Å²) in [6.45, 7) is 5.42. The van der Waals surface area contributed by atoms with Crippen molar-refractivity contribution in [1.29, 1.82) is 0 Å². The van der Waals surface area contributed by atoms with Crippen LogP contribution in [-0.2, 0) is 0 Å². The van der Waals surface area contributed by atoms with Crippen molar-refractivity contribution in [3.63, 3.8) is 0 Å². The largest absolute Gasteiger partial charge is 0.143 e. The van der Waals surface area contributed by atoms with E-state index < -0.39 is 0 Å². The molecule has 130 valence electrons. The van der Waals surface area contributed by atoms with Crippen molar-refractivity contribution in [2.75, 3.05) is 11.5 Å². The molecule has 6 atom stereocenters. The molecule has 0 N–H and O–H groups in total. The first kappa shape index (κ1) is 15.9. The van der Waals surface area contributed by atoms with Gasteiger partial charge in [-0.25, -0.2) is 0 Å². The Balaban J connectivity index is 1.52. The molecular formula is C21H34S2. The number of fused-ring (bicyclic) bond motifs is 6. The molecule has 1 spiro atoms. The average Bonchev–Trinajstić information content (AvgIpc) is 3.13. The molecule has 4 aliphatic carbocycles. The fraction of sp³-hybridized carbons (Fsp3) is 1.00. The normalized spacial score (nSPS) is 54.5. The highest BCUT2D eigenvalue weighted by Gasteiger charge is 2.65. The molecule has 0 aromatic carbocycles. The van der Waals surface area contributed by atoms with Crippen LogP contribution in [0.25, 0.3) is 0 Å². The third-order valence-corrected chi connectivity index (χ3v) is 12.8. The Morgan fingerprint density at radius 3 is 2.43 bits per heavy atom. The Kier molecular flexibility index (Phi) is 3.70. The summed E-state index contributed by atoms with van der Waals surface area (Å²) in [6, 6.07) is 0. The number of hydrogen-bond donors (Lipinski definition) is 0. The maximum Gasteiger partial charge on any atom is 0.0647 e. The van der Waals surface area contributed by atoms with Gasteiger partial charge in [0, 0.05) is 11.5 Å². The van der Waals surface area contributed by atoms with Crippen LogP contribution in [0.4, 0.5) is 0 Å². The molecule has 0 bridgehead atoms. The molecule has 23 heavy (non-hydrogen) atoms. The summed E-state index contributed by atoms with van der Waals surface area (Å²) in [4.78, 5) is 0. The molecule has 0 amide bonds. The van der Waals surface area contributed by atoms with E-state index in [-0.39, 0.29) is 0 Å². The highest BCUT2D eigenvalue weighted by Crippen LogP contribution is 2.73. The van der Waals surface area contributed by atoms with E-state index in [9.17, 15) is 0 Å². The van der Waals surface area contributed by atoms with Gasteiger partial charge in [-0.3, -0.25) is 0 Å². The lowest BCUT2D eigenvalue weighted by Gasteiger charge is -2.61. The number of hydrogen-bond acceptors (Lipinski definition) is 2. The molecule has 5 rings (SSSR count). The van der Waals surface area contributed by atoms with Crippen molar-refractivity contribution in [2.45, 2.75) is 82.1 Å². The Morgan fingerprint density at radius 1 is 0.783 bits per heavy atom. The van der Waals surface area contributed by atoms with Crippen molar-refractivity contribution in [3.8, 4) is 0 Å². The van der Waals surface area contributed by atoms with Gasteiger partial charge in [-0.05, 0) is 85.9 Å². The first-order valence-corrected chi connectivity index (χ1v) is 12.3. The first-order valence-electron chi connectivity index (χ1n) is 10.4. The molecule has 0 radical (unpaired) electrons. The predicted octanol–water partition coefficient (Wildman–Crippen LogP) is 6.60. The molecule has 5 aliphatic rings. The fourth-order valence-electron chi connectivity index (χ4n) is 8.12. The second-order valence-corrected chi connectivity index (χ2v) is 13.1. The van der Waals surface area contributed by atoms with Crippen molar-refractivity contribution in [3.05, 3.63) is 0 Å². The maximum atomic E-state index is 2.73. The smallest absolute Gasteiger partial charge is 0.0647 e. The van der Waals surface area contributed by atoms with Crippen LogP contribution in [0.1, 0.15) is 78.1 Å². The Hall–Kier alpha value is 0.700. The van der Waals surface area contributed by atoms with Crippen LogP contribution in [-0.4, -0.2) is 15.6 Å². The lowest BCUT2D eigenvalue weighted by molar-refractivity contribution is -0.103. The van der Waals surface area contributed by atoms with Crippen LogP contribution in [0, 0.1) is 34.5 Å². The van der Waals surface area contributed by atoms with Gasteiger partial charge in [0.15, 0.2) is 0 Å².